The third kappa shape index (κ3) is 3.43. The van der Waals surface area contributed by atoms with Crippen LogP contribution in [0.1, 0.15) is 11.6 Å². The third-order valence-electron chi connectivity index (χ3n) is 2.61. The van der Waals surface area contributed by atoms with Crippen LogP contribution in [0, 0.1) is 11.6 Å². The van der Waals surface area contributed by atoms with Gasteiger partial charge in [0.05, 0.1) is 11.1 Å². The highest BCUT2D eigenvalue weighted by Crippen LogP contribution is 2.25. The summed E-state index contributed by atoms with van der Waals surface area (Å²) in [7, 11) is 0. The second-order valence-corrected chi connectivity index (χ2v) is 4.42. The average molecular weight is 284 g/mol. The van der Waals surface area contributed by atoms with Crippen LogP contribution in [-0.4, -0.2) is 6.61 Å². The van der Waals surface area contributed by atoms with Crippen molar-refractivity contribution >= 4 is 11.6 Å². The molecule has 0 aliphatic heterocycles. The lowest BCUT2D eigenvalue weighted by Crippen LogP contribution is -2.20. The van der Waals surface area contributed by atoms with Gasteiger partial charge in [-0.25, -0.2) is 8.78 Å². The molecule has 0 heterocycles. The van der Waals surface area contributed by atoms with Crippen molar-refractivity contribution in [3.05, 3.63) is 64.7 Å². The van der Waals surface area contributed by atoms with E-state index in [0.29, 0.717) is 10.8 Å². The minimum Gasteiger partial charge on any atom is -0.490 e. The largest absolute Gasteiger partial charge is 0.490 e. The molecular formula is C14H12ClF2NO. The molecule has 2 aromatic carbocycles. The number of hydrogen-bond donors (Lipinski definition) is 1. The molecule has 2 nitrogen and oxygen atoms in total. The summed E-state index contributed by atoms with van der Waals surface area (Å²) in [6, 6.07) is 9.25. The maximum atomic E-state index is 13.5. The molecule has 0 aliphatic carbocycles. The van der Waals surface area contributed by atoms with Crippen molar-refractivity contribution in [1.29, 1.82) is 0 Å². The van der Waals surface area contributed by atoms with Gasteiger partial charge in [-0.2, -0.15) is 0 Å². The Balaban J connectivity index is 2.07. The fourth-order valence-corrected chi connectivity index (χ4v) is 1.82. The number of ether oxygens (including phenoxy) is 1. The Bertz CT molecular complexity index is 577. The van der Waals surface area contributed by atoms with E-state index in [4.69, 9.17) is 22.1 Å². The molecule has 1 atom stereocenters. The van der Waals surface area contributed by atoms with Crippen LogP contribution in [0.15, 0.2) is 42.5 Å². The molecule has 0 fully saturated rings. The molecule has 0 saturated heterocycles. The van der Waals surface area contributed by atoms with E-state index in [9.17, 15) is 8.78 Å². The number of hydrogen-bond acceptors (Lipinski definition) is 2. The summed E-state index contributed by atoms with van der Waals surface area (Å²) in [6.45, 7) is 0.00407. The van der Waals surface area contributed by atoms with Crippen molar-refractivity contribution in [3.8, 4) is 5.75 Å². The van der Waals surface area contributed by atoms with Gasteiger partial charge in [-0.05, 0) is 30.3 Å². The summed E-state index contributed by atoms with van der Waals surface area (Å²) in [5, 5.41) is 0.439. The first-order chi connectivity index (χ1) is 9.08. The Morgan fingerprint density at radius 3 is 2.63 bits per heavy atom. The predicted octanol–water partition coefficient (Wildman–Crippen LogP) is 3.70. The van der Waals surface area contributed by atoms with E-state index in [1.165, 1.54) is 0 Å². The first-order valence-electron chi connectivity index (χ1n) is 5.66. The minimum atomic E-state index is -0.771. The van der Waals surface area contributed by atoms with Gasteiger partial charge in [-0.15, -0.1) is 0 Å². The molecule has 0 aliphatic rings. The Morgan fingerprint density at radius 2 is 1.89 bits per heavy atom. The van der Waals surface area contributed by atoms with Gasteiger partial charge in [0.25, 0.3) is 0 Å². The van der Waals surface area contributed by atoms with Crippen molar-refractivity contribution in [2.75, 3.05) is 6.61 Å². The van der Waals surface area contributed by atoms with Gasteiger partial charge >= 0.3 is 0 Å². The zero-order valence-electron chi connectivity index (χ0n) is 9.95. The van der Waals surface area contributed by atoms with Crippen LogP contribution in [0.3, 0.4) is 0 Å². The van der Waals surface area contributed by atoms with E-state index in [1.54, 1.807) is 24.3 Å². The second-order valence-electron chi connectivity index (χ2n) is 4.01. The molecule has 1 unspecified atom stereocenters. The SMILES string of the molecule is NC(COc1ccccc1Cl)c1cc(F)ccc1F. The van der Waals surface area contributed by atoms with Gasteiger partial charge in [-0.1, -0.05) is 23.7 Å². The Labute approximate surface area is 114 Å². The van der Waals surface area contributed by atoms with E-state index in [2.05, 4.69) is 0 Å². The molecule has 2 aromatic rings. The lowest BCUT2D eigenvalue weighted by atomic mass is 10.1. The first kappa shape index (κ1) is 13.8. The van der Waals surface area contributed by atoms with Crippen LogP contribution in [0.4, 0.5) is 8.78 Å². The molecule has 19 heavy (non-hydrogen) atoms. The zero-order valence-corrected chi connectivity index (χ0v) is 10.7. The number of nitrogens with two attached hydrogens (primary N) is 1. The van der Waals surface area contributed by atoms with Gasteiger partial charge < -0.3 is 10.5 Å². The predicted molar refractivity (Wildman–Crippen MR) is 70.2 cm³/mol. The lowest BCUT2D eigenvalue weighted by Gasteiger charge is -2.15. The first-order valence-corrected chi connectivity index (χ1v) is 6.03. The molecule has 0 spiro atoms. The summed E-state index contributed by atoms with van der Waals surface area (Å²) in [5.74, 6) is -0.641. The van der Waals surface area contributed by atoms with Gasteiger partial charge in [0.1, 0.15) is 24.0 Å². The van der Waals surface area contributed by atoms with E-state index in [-0.39, 0.29) is 12.2 Å². The molecule has 0 radical (unpaired) electrons. The fraction of sp³-hybridized carbons (Fsp3) is 0.143. The number of para-hydroxylation sites is 1. The maximum absolute atomic E-state index is 13.5. The summed E-state index contributed by atoms with van der Waals surface area (Å²) in [6.07, 6.45) is 0. The summed E-state index contributed by atoms with van der Waals surface area (Å²) in [5.41, 5.74) is 5.86. The molecule has 5 heteroatoms. The van der Waals surface area contributed by atoms with E-state index in [1.807, 2.05) is 0 Å². The summed E-state index contributed by atoms with van der Waals surface area (Å²) < 4.78 is 31.9. The number of benzene rings is 2. The molecule has 0 bridgehead atoms. The summed E-state index contributed by atoms with van der Waals surface area (Å²) >= 11 is 5.91. The molecule has 2 rings (SSSR count). The quantitative estimate of drug-likeness (QED) is 0.929. The van der Waals surface area contributed by atoms with Crippen molar-refractivity contribution in [1.82, 2.24) is 0 Å². The molecular weight excluding hydrogens is 272 g/mol. The van der Waals surface area contributed by atoms with Crippen LogP contribution in [0.2, 0.25) is 5.02 Å². The average Bonchev–Trinajstić information content (AvgIpc) is 2.40. The van der Waals surface area contributed by atoms with Crippen LogP contribution >= 0.6 is 11.6 Å². The van der Waals surface area contributed by atoms with Gasteiger partial charge in [0.2, 0.25) is 0 Å². The van der Waals surface area contributed by atoms with Gasteiger partial charge in [-0.3, -0.25) is 0 Å². The Hall–Kier alpha value is -1.65. The Morgan fingerprint density at radius 1 is 1.16 bits per heavy atom. The highest BCUT2D eigenvalue weighted by molar-refractivity contribution is 6.32. The molecule has 2 N–H and O–H groups in total. The maximum Gasteiger partial charge on any atom is 0.137 e. The van der Waals surface area contributed by atoms with Gasteiger partial charge in [0, 0.05) is 5.56 Å². The minimum absolute atomic E-state index is 0.00407. The number of rotatable bonds is 4. The number of halogens is 3. The highest BCUT2D eigenvalue weighted by atomic mass is 35.5. The topological polar surface area (TPSA) is 35.2 Å². The highest BCUT2D eigenvalue weighted by Gasteiger charge is 2.14. The third-order valence-corrected chi connectivity index (χ3v) is 2.92. The van der Waals surface area contributed by atoms with Crippen molar-refractivity contribution < 1.29 is 13.5 Å². The van der Waals surface area contributed by atoms with E-state index in [0.717, 1.165) is 18.2 Å². The molecule has 0 aromatic heterocycles. The monoisotopic (exact) mass is 283 g/mol. The summed E-state index contributed by atoms with van der Waals surface area (Å²) in [4.78, 5) is 0. The van der Waals surface area contributed by atoms with Crippen molar-refractivity contribution in [3.63, 3.8) is 0 Å². The van der Waals surface area contributed by atoms with Crippen LogP contribution in [0.25, 0.3) is 0 Å². The van der Waals surface area contributed by atoms with Crippen LogP contribution in [0.5, 0.6) is 5.75 Å². The van der Waals surface area contributed by atoms with Crippen LogP contribution < -0.4 is 10.5 Å². The fourth-order valence-electron chi connectivity index (χ4n) is 1.63. The van der Waals surface area contributed by atoms with Crippen LogP contribution in [-0.2, 0) is 0 Å². The molecule has 0 saturated carbocycles. The smallest absolute Gasteiger partial charge is 0.137 e. The van der Waals surface area contributed by atoms with Crippen molar-refractivity contribution in [2.24, 2.45) is 5.73 Å². The standard InChI is InChI=1S/C14H12ClF2NO/c15-11-3-1-2-4-14(11)19-8-13(18)10-7-9(16)5-6-12(10)17/h1-7,13H,8,18H2. The Kier molecular flexibility index (Phi) is 4.35. The molecule has 100 valence electrons. The van der Waals surface area contributed by atoms with Gasteiger partial charge in [0.15, 0.2) is 0 Å². The van der Waals surface area contributed by atoms with E-state index >= 15 is 0 Å². The van der Waals surface area contributed by atoms with Crippen molar-refractivity contribution in [2.45, 2.75) is 6.04 Å². The lowest BCUT2D eigenvalue weighted by molar-refractivity contribution is 0.287. The zero-order chi connectivity index (χ0) is 13.8. The second kappa shape index (κ2) is 5.99. The van der Waals surface area contributed by atoms with E-state index < -0.39 is 17.7 Å². The normalized spacial score (nSPS) is 12.2. The molecule has 0 amide bonds.